The minimum Gasteiger partial charge on any atom is -0.393 e. The third kappa shape index (κ3) is 3.15. The van der Waals surface area contributed by atoms with Crippen LogP contribution in [0.4, 0.5) is 11.6 Å². The quantitative estimate of drug-likeness (QED) is 0.849. The molecule has 0 saturated carbocycles. The lowest BCUT2D eigenvalue weighted by Gasteiger charge is -2.21. The van der Waals surface area contributed by atoms with Crippen molar-refractivity contribution in [2.24, 2.45) is 5.92 Å². The molecule has 5 heteroatoms. The minimum absolute atomic E-state index is 0.246. The van der Waals surface area contributed by atoms with Crippen LogP contribution >= 0.6 is 0 Å². The molecule has 1 saturated heterocycles. The summed E-state index contributed by atoms with van der Waals surface area (Å²) in [5, 5.41) is 13.0. The fraction of sp³-hybridized carbons (Fsp3) is 0.714. The molecule has 2 heterocycles. The molecule has 0 amide bonds. The SMILES string of the molecule is CCCNc1ncnc(N2CCC(C(C)O)C2)c1C. The first-order chi connectivity index (χ1) is 9.13. The molecule has 19 heavy (non-hydrogen) atoms. The highest BCUT2D eigenvalue weighted by atomic mass is 16.3. The fourth-order valence-corrected chi connectivity index (χ4v) is 2.55. The van der Waals surface area contributed by atoms with E-state index in [-0.39, 0.29) is 6.10 Å². The molecule has 106 valence electrons. The van der Waals surface area contributed by atoms with E-state index in [4.69, 9.17) is 0 Å². The molecule has 1 aromatic rings. The van der Waals surface area contributed by atoms with Crippen LogP contribution in [-0.2, 0) is 0 Å². The lowest BCUT2D eigenvalue weighted by molar-refractivity contribution is 0.136. The van der Waals surface area contributed by atoms with Gasteiger partial charge in [-0.15, -0.1) is 0 Å². The number of hydrogen-bond acceptors (Lipinski definition) is 5. The minimum atomic E-state index is -0.246. The molecule has 0 spiro atoms. The summed E-state index contributed by atoms with van der Waals surface area (Å²) in [7, 11) is 0. The Bertz CT molecular complexity index is 422. The zero-order valence-corrected chi connectivity index (χ0v) is 12.1. The average Bonchev–Trinajstić information content (AvgIpc) is 2.87. The van der Waals surface area contributed by atoms with Gasteiger partial charge in [0.25, 0.3) is 0 Å². The van der Waals surface area contributed by atoms with Crippen LogP contribution in [0.15, 0.2) is 6.33 Å². The predicted molar refractivity (Wildman–Crippen MR) is 77.6 cm³/mol. The standard InChI is InChI=1S/C14H24N4O/c1-4-6-15-13-10(2)14(17-9-16-13)18-7-5-12(8-18)11(3)19/h9,11-12,19H,4-8H2,1-3H3,(H,15,16,17). The summed E-state index contributed by atoms with van der Waals surface area (Å²) in [4.78, 5) is 11.0. The van der Waals surface area contributed by atoms with E-state index >= 15 is 0 Å². The van der Waals surface area contributed by atoms with Crippen LogP contribution in [0, 0.1) is 12.8 Å². The number of rotatable bonds is 5. The number of nitrogens with zero attached hydrogens (tertiary/aromatic N) is 3. The van der Waals surface area contributed by atoms with Crippen molar-refractivity contribution in [3.05, 3.63) is 11.9 Å². The third-order valence-electron chi connectivity index (χ3n) is 3.81. The van der Waals surface area contributed by atoms with Gasteiger partial charge in [-0.2, -0.15) is 0 Å². The zero-order chi connectivity index (χ0) is 13.8. The van der Waals surface area contributed by atoms with Gasteiger partial charge in [-0.3, -0.25) is 0 Å². The Balaban J connectivity index is 2.12. The summed E-state index contributed by atoms with van der Waals surface area (Å²) < 4.78 is 0. The Hall–Kier alpha value is -1.36. The van der Waals surface area contributed by atoms with E-state index < -0.39 is 0 Å². The number of anilines is 2. The second-order valence-electron chi connectivity index (χ2n) is 5.33. The smallest absolute Gasteiger partial charge is 0.137 e. The Morgan fingerprint density at radius 2 is 2.32 bits per heavy atom. The van der Waals surface area contributed by atoms with Crippen molar-refractivity contribution in [3.63, 3.8) is 0 Å². The van der Waals surface area contributed by atoms with E-state index in [2.05, 4.69) is 34.0 Å². The average molecular weight is 264 g/mol. The monoisotopic (exact) mass is 264 g/mol. The predicted octanol–water partition coefficient (Wildman–Crippen LogP) is 1.81. The third-order valence-corrected chi connectivity index (χ3v) is 3.81. The normalized spacial score (nSPS) is 20.6. The van der Waals surface area contributed by atoms with Gasteiger partial charge < -0.3 is 15.3 Å². The van der Waals surface area contributed by atoms with Gasteiger partial charge in [-0.1, -0.05) is 6.92 Å². The molecule has 2 unspecified atom stereocenters. The van der Waals surface area contributed by atoms with Crippen LogP contribution < -0.4 is 10.2 Å². The van der Waals surface area contributed by atoms with E-state index in [9.17, 15) is 5.11 Å². The largest absolute Gasteiger partial charge is 0.393 e. The molecule has 2 rings (SSSR count). The van der Waals surface area contributed by atoms with Gasteiger partial charge in [0.2, 0.25) is 0 Å². The lowest BCUT2D eigenvalue weighted by atomic mass is 10.0. The molecule has 2 atom stereocenters. The number of aliphatic hydroxyl groups excluding tert-OH is 1. The fourth-order valence-electron chi connectivity index (χ4n) is 2.55. The van der Waals surface area contributed by atoms with Gasteiger partial charge in [0, 0.05) is 31.1 Å². The first-order valence-corrected chi connectivity index (χ1v) is 7.12. The molecule has 1 aliphatic rings. The van der Waals surface area contributed by atoms with Crippen molar-refractivity contribution in [2.45, 2.75) is 39.7 Å². The second kappa shape index (κ2) is 6.19. The van der Waals surface area contributed by atoms with Gasteiger partial charge in [0.15, 0.2) is 0 Å². The van der Waals surface area contributed by atoms with E-state index in [1.165, 1.54) is 0 Å². The van der Waals surface area contributed by atoms with Crippen LogP contribution in [0.3, 0.4) is 0 Å². The Kier molecular flexibility index (Phi) is 4.58. The number of aliphatic hydroxyl groups is 1. The van der Waals surface area contributed by atoms with Crippen LogP contribution in [0.1, 0.15) is 32.3 Å². The van der Waals surface area contributed by atoms with Gasteiger partial charge in [-0.05, 0) is 26.7 Å². The van der Waals surface area contributed by atoms with E-state index in [0.29, 0.717) is 5.92 Å². The molecule has 1 fully saturated rings. The maximum absolute atomic E-state index is 9.69. The summed E-state index contributed by atoms with van der Waals surface area (Å²) in [6.45, 7) is 8.83. The van der Waals surface area contributed by atoms with Gasteiger partial charge in [0.1, 0.15) is 18.0 Å². The van der Waals surface area contributed by atoms with Crippen molar-refractivity contribution in [1.29, 1.82) is 0 Å². The molecule has 0 aromatic carbocycles. The highest BCUT2D eigenvalue weighted by Crippen LogP contribution is 2.28. The Labute approximate surface area is 115 Å². The van der Waals surface area contributed by atoms with Crippen molar-refractivity contribution in [3.8, 4) is 0 Å². The lowest BCUT2D eigenvalue weighted by Crippen LogP contribution is -2.25. The molecular formula is C14H24N4O. The van der Waals surface area contributed by atoms with E-state index in [0.717, 1.165) is 49.7 Å². The maximum atomic E-state index is 9.69. The highest BCUT2D eigenvalue weighted by Gasteiger charge is 2.28. The first kappa shape index (κ1) is 14.1. The highest BCUT2D eigenvalue weighted by molar-refractivity contribution is 5.58. The molecule has 0 aliphatic carbocycles. The van der Waals surface area contributed by atoms with Crippen molar-refractivity contribution >= 4 is 11.6 Å². The molecule has 0 radical (unpaired) electrons. The molecular weight excluding hydrogens is 240 g/mol. The van der Waals surface area contributed by atoms with E-state index in [1.54, 1.807) is 6.33 Å². The maximum Gasteiger partial charge on any atom is 0.137 e. The van der Waals surface area contributed by atoms with Crippen LogP contribution in [0.2, 0.25) is 0 Å². The molecule has 5 nitrogen and oxygen atoms in total. The van der Waals surface area contributed by atoms with Gasteiger partial charge >= 0.3 is 0 Å². The zero-order valence-electron chi connectivity index (χ0n) is 12.1. The van der Waals surface area contributed by atoms with Crippen molar-refractivity contribution in [2.75, 3.05) is 29.9 Å². The molecule has 0 bridgehead atoms. The summed E-state index contributed by atoms with van der Waals surface area (Å²) in [6.07, 6.45) is 3.48. The number of hydrogen-bond donors (Lipinski definition) is 2. The van der Waals surface area contributed by atoms with Gasteiger partial charge in [-0.25, -0.2) is 9.97 Å². The van der Waals surface area contributed by atoms with Crippen LogP contribution in [0.25, 0.3) is 0 Å². The van der Waals surface area contributed by atoms with Crippen molar-refractivity contribution < 1.29 is 5.11 Å². The summed E-state index contributed by atoms with van der Waals surface area (Å²) in [5.41, 5.74) is 1.10. The second-order valence-corrected chi connectivity index (χ2v) is 5.33. The van der Waals surface area contributed by atoms with Crippen LogP contribution in [-0.4, -0.2) is 40.8 Å². The first-order valence-electron chi connectivity index (χ1n) is 7.12. The summed E-state index contributed by atoms with van der Waals surface area (Å²) >= 11 is 0. The summed E-state index contributed by atoms with van der Waals surface area (Å²) in [6, 6.07) is 0. The summed E-state index contributed by atoms with van der Waals surface area (Å²) in [5.74, 6) is 2.27. The van der Waals surface area contributed by atoms with Gasteiger partial charge in [0.05, 0.1) is 6.10 Å². The Morgan fingerprint density at radius 3 is 2.95 bits per heavy atom. The number of nitrogens with one attached hydrogen (secondary N) is 1. The molecule has 1 aliphatic heterocycles. The van der Waals surface area contributed by atoms with Crippen molar-refractivity contribution in [1.82, 2.24) is 9.97 Å². The topological polar surface area (TPSA) is 61.3 Å². The molecule has 1 aromatic heterocycles. The van der Waals surface area contributed by atoms with Crippen LogP contribution in [0.5, 0.6) is 0 Å². The molecule has 2 N–H and O–H groups in total. The van der Waals surface area contributed by atoms with E-state index in [1.807, 2.05) is 6.92 Å². The Morgan fingerprint density at radius 1 is 1.53 bits per heavy atom. The number of aromatic nitrogens is 2.